The molecule has 7 nitrogen and oxygen atoms in total. The van der Waals surface area contributed by atoms with Crippen molar-refractivity contribution >= 4 is 16.8 Å². The van der Waals surface area contributed by atoms with Gasteiger partial charge in [-0.1, -0.05) is 12.1 Å². The van der Waals surface area contributed by atoms with Crippen LogP contribution in [0, 0.1) is 13.8 Å². The number of carbonyl (C=O) groups is 1. The van der Waals surface area contributed by atoms with Gasteiger partial charge in [-0.15, -0.1) is 0 Å². The average molecular weight is 413 g/mol. The maximum absolute atomic E-state index is 13.1. The molecule has 0 saturated carbocycles. The minimum Gasteiger partial charge on any atom is -0.336 e. The smallest absolute Gasteiger partial charge is 0.261 e. The van der Waals surface area contributed by atoms with E-state index in [-0.39, 0.29) is 11.5 Å². The summed E-state index contributed by atoms with van der Waals surface area (Å²) in [6.45, 7) is 5.42. The van der Waals surface area contributed by atoms with Gasteiger partial charge < -0.3 is 4.90 Å². The van der Waals surface area contributed by atoms with Crippen LogP contribution < -0.4 is 5.56 Å². The lowest BCUT2D eigenvalue weighted by Gasteiger charge is -2.20. The van der Waals surface area contributed by atoms with Gasteiger partial charge in [-0.3, -0.25) is 14.2 Å². The Morgan fingerprint density at radius 2 is 1.74 bits per heavy atom. The van der Waals surface area contributed by atoms with Gasteiger partial charge in [0, 0.05) is 37.3 Å². The molecule has 5 rings (SSSR count). The van der Waals surface area contributed by atoms with Gasteiger partial charge in [0.05, 0.1) is 22.3 Å². The van der Waals surface area contributed by atoms with E-state index in [0.29, 0.717) is 42.5 Å². The lowest BCUT2D eigenvalue weighted by molar-refractivity contribution is 0.0759. The van der Waals surface area contributed by atoms with Gasteiger partial charge in [-0.05, 0) is 56.3 Å². The van der Waals surface area contributed by atoms with Gasteiger partial charge in [0.15, 0.2) is 0 Å². The highest BCUT2D eigenvalue weighted by molar-refractivity contribution is 5.94. The van der Waals surface area contributed by atoms with Crippen molar-refractivity contribution in [2.45, 2.75) is 26.8 Å². The first-order chi connectivity index (χ1) is 15.0. The molecule has 1 aliphatic rings. The van der Waals surface area contributed by atoms with E-state index in [1.165, 1.54) is 0 Å². The molecular formula is C24H23N5O2. The van der Waals surface area contributed by atoms with Crippen LogP contribution in [0.3, 0.4) is 0 Å². The number of aryl methyl sites for hydroxylation is 2. The second-order valence-electron chi connectivity index (χ2n) is 7.93. The van der Waals surface area contributed by atoms with Crippen molar-refractivity contribution in [3.8, 4) is 5.69 Å². The summed E-state index contributed by atoms with van der Waals surface area (Å²) in [7, 11) is 0. The van der Waals surface area contributed by atoms with Crippen LogP contribution >= 0.6 is 0 Å². The maximum atomic E-state index is 13.1. The Balaban J connectivity index is 1.38. The average Bonchev–Trinajstić information content (AvgIpc) is 2.98. The first-order valence-electron chi connectivity index (χ1n) is 10.4. The molecule has 0 atom stereocenters. The fourth-order valence-corrected chi connectivity index (χ4v) is 4.22. The lowest BCUT2D eigenvalue weighted by atomic mass is 10.1. The molecule has 2 aromatic carbocycles. The minimum absolute atomic E-state index is 0.0367. The lowest BCUT2D eigenvalue weighted by Crippen LogP contribution is -2.34. The Bertz CT molecular complexity index is 1350. The maximum Gasteiger partial charge on any atom is 0.261 e. The van der Waals surface area contributed by atoms with Gasteiger partial charge in [0.1, 0.15) is 5.82 Å². The highest BCUT2D eigenvalue weighted by Gasteiger charge is 2.22. The Hall–Kier alpha value is -3.74. The summed E-state index contributed by atoms with van der Waals surface area (Å²) in [4.78, 5) is 32.5. The molecular weight excluding hydrogens is 390 g/mol. The summed E-state index contributed by atoms with van der Waals surface area (Å²) in [5.41, 5.74) is 4.22. The van der Waals surface area contributed by atoms with E-state index in [1.54, 1.807) is 15.5 Å². The molecule has 1 amide bonds. The van der Waals surface area contributed by atoms with Gasteiger partial charge in [-0.2, -0.15) is 5.10 Å². The van der Waals surface area contributed by atoms with E-state index in [9.17, 15) is 9.59 Å². The van der Waals surface area contributed by atoms with E-state index in [1.807, 2.05) is 67.1 Å². The molecule has 0 unspecified atom stereocenters. The summed E-state index contributed by atoms with van der Waals surface area (Å²) >= 11 is 0. The number of fused-ring (bicyclic) bond motifs is 2. The Labute approximate surface area is 179 Å². The van der Waals surface area contributed by atoms with Gasteiger partial charge in [0.25, 0.3) is 11.5 Å². The molecule has 0 spiro atoms. The third kappa shape index (κ3) is 3.42. The summed E-state index contributed by atoms with van der Waals surface area (Å²) in [5.74, 6) is 0.698. The standard InChI is InChI=1S/C24H23N5O2/c1-16-15-17(2)29(26-16)19-9-7-18(8-10-19)23(30)27-12-11-22-25-21-6-4-3-5-20(21)24(31)28(22)14-13-27/h3-10,15H,11-14H2,1-2H3. The molecule has 3 heterocycles. The number of benzene rings is 2. The van der Waals surface area contributed by atoms with E-state index in [2.05, 4.69) is 10.1 Å². The third-order valence-electron chi connectivity index (χ3n) is 5.80. The first-order valence-corrected chi connectivity index (χ1v) is 10.4. The Kier molecular flexibility index (Phi) is 4.66. The van der Waals surface area contributed by atoms with Crippen LogP contribution in [-0.2, 0) is 13.0 Å². The van der Waals surface area contributed by atoms with Crippen LogP contribution in [0.25, 0.3) is 16.6 Å². The molecule has 4 aromatic rings. The number of carbonyl (C=O) groups excluding carboxylic acids is 1. The summed E-state index contributed by atoms with van der Waals surface area (Å²) in [6.07, 6.45) is 0.551. The molecule has 0 bridgehead atoms. The Morgan fingerprint density at radius 3 is 2.48 bits per heavy atom. The Morgan fingerprint density at radius 1 is 0.968 bits per heavy atom. The van der Waals surface area contributed by atoms with E-state index in [0.717, 1.165) is 22.9 Å². The van der Waals surface area contributed by atoms with Crippen LogP contribution in [-0.4, -0.2) is 43.2 Å². The number of hydrogen-bond donors (Lipinski definition) is 0. The number of nitrogens with zero attached hydrogens (tertiary/aromatic N) is 5. The second-order valence-corrected chi connectivity index (χ2v) is 7.93. The van der Waals surface area contributed by atoms with Gasteiger partial charge in [0.2, 0.25) is 0 Å². The zero-order valence-corrected chi connectivity index (χ0v) is 17.6. The largest absolute Gasteiger partial charge is 0.336 e. The predicted molar refractivity (Wildman–Crippen MR) is 119 cm³/mol. The van der Waals surface area contributed by atoms with Crippen molar-refractivity contribution < 1.29 is 4.79 Å². The topological polar surface area (TPSA) is 73.0 Å². The fourth-order valence-electron chi connectivity index (χ4n) is 4.22. The number of para-hydroxylation sites is 1. The van der Waals surface area contributed by atoms with Crippen LogP contribution in [0.15, 0.2) is 59.4 Å². The molecule has 0 fully saturated rings. The molecule has 0 aliphatic carbocycles. The van der Waals surface area contributed by atoms with Crippen molar-refractivity contribution in [3.05, 3.63) is 87.7 Å². The van der Waals surface area contributed by atoms with Crippen molar-refractivity contribution in [1.29, 1.82) is 0 Å². The van der Waals surface area contributed by atoms with Crippen LogP contribution in [0.4, 0.5) is 0 Å². The number of hydrogen-bond acceptors (Lipinski definition) is 4. The van der Waals surface area contributed by atoms with Crippen molar-refractivity contribution in [2.75, 3.05) is 13.1 Å². The zero-order valence-electron chi connectivity index (χ0n) is 17.6. The molecule has 0 saturated heterocycles. The van der Waals surface area contributed by atoms with Gasteiger partial charge >= 0.3 is 0 Å². The first kappa shape index (κ1) is 19.2. The fraction of sp³-hybridized carbons (Fsp3) is 0.250. The highest BCUT2D eigenvalue weighted by Crippen LogP contribution is 2.16. The second kappa shape index (κ2) is 7.50. The minimum atomic E-state index is -0.0378. The summed E-state index contributed by atoms with van der Waals surface area (Å²) in [5, 5.41) is 5.11. The summed E-state index contributed by atoms with van der Waals surface area (Å²) < 4.78 is 3.58. The SMILES string of the molecule is Cc1cc(C)n(-c2ccc(C(=O)N3CCc4nc5ccccc5c(=O)n4CC3)cc2)n1. The van der Waals surface area contributed by atoms with E-state index < -0.39 is 0 Å². The summed E-state index contributed by atoms with van der Waals surface area (Å²) in [6, 6.07) is 16.9. The highest BCUT2D eigenvalue weighted by atomic mass is 16.2. The molecule has 2 aromatic heterocycles. The van der Waals surface area contributed by atoms with Crippen molar-refractivity contribution in [3.63, 3.8) is 0 Å². The van der Waals surface area contributed by atoms with Crippen molar-refractivity contribution in [1.82, 2.24) is 24.2 Å². The molecule has 7 heteroatoms. The number of amides is 1. The number of rotatable bonds is 2. The monoisotopic (exact) mass is 413 g/mol. The van der Waals surface area contributed by atoms with Crippen molar-refractivity contribution in [2.24, 2.45) is 0 Å². The van der Waals surface area contributed by atoms with Crippen LogP contribution in [0.2, 0.25) is 0 Å². The van der Waals surface area contributed by atoms with Crippen LogP contribution in [0.1, 0.15) is 27.6 Å². The molecule has 0 N–H and O–H groups in total. The molecule has 1 aliphatic heterocycles. The quantitative estimate of drug-likeness (QED) is 0.507. The van der Waals surface area contributed by atoms with Gasteiger partial charge in [-0.25, -0.2) is 9.67 Å². The molecule has 31 heavy (non-hydrogen) atoms. The zero-order chi connectivity index (χ0) is 21.5. The normalized spacial score (nSPS) is 13.8. The van der Waals surface area contributed by atoms with Crippen LogP contribution in [0.5, 0.6) is 0 Å². The van der Waals surface area contributed by atoms with E-state index >= 15 is 0 Å². The predicted octanol–water partition coefficient (Wildman–Crippen LogP) is 2.90. The molecule has 156 valence electrons. The number of aromatic nitrogens is 4. The van der Waals surface area contributed by atoms with E-state index in [4.69, 9.17) is 0 Å². The third-order valence-corrected chi connectivity index (χ3v) is 5.80. The molecule has 0 radical (unpaired) electrons.